The lowest BCUT2D eigenvalue weighted by Crippen LogP contribution is -2.60. The van der Waals surface area contributed by atoms with Crippen LogP contribution in [0.3, 0.4) is 0 Å². The summed E-state index contributed by atoms with van der Waals surface area (Å²) in [5.41, 5.74) is 0. The van der Waals surface area contributed by atoms with Gasteiger partial charge in [0.2, 0.25) is 5.91 Å². The van der Waals surface area contributed by atoms with Crippen molar-refractivity contribution in [1.82, 2.24) is 5.32 Å². The van der Waals surface area contributed by atoms with E-state index in [0.717, 1.165) is 103 Å². The second-order valence-electron chi connectivity index (χ2n) is 16.2. The Balaban J connectivity index is 2.31. The quantitative estimate of drug-likeness (QED) is 0.0266. The van der Waals surface area contributed by atoms with Crippen molar-refractivity contribution in [2.45, 2.75) is 217 Å². The first kappa shape index (κ1) is 55.4. The molecule has 1 rings (SSSR count). The molecule has 0 aliphatic carbocycles. The van der Waals surface area contributed by atoms with Gasteiger partial charge in [-0.1, -0.05) is 182 Å². The van der Waals surface area contributed by atoms with E-state index in [1.165, 1.54) is 51.4 Å². The second-order valence-corrected chi connectivity index (χ2v) is 16.2. The van der Waals surface area contributed by atoms with Crippen LogP contribution in [0.1, 0.15) is 174 Å². The highest BCUT2D eigenvalue weighted by Gasteiger charge is 2.44. The fraction of sp³-hybridized carbons (Fsp3) is 0.706. The average Bonchev–Trinajstić information content (AvgIpc) is 3.25. The molecule has 1 amide bonds. The molecule has 0 bridgehead atoms. The molecule has 6 N–H and O–H groups in total. The summed E-state index contributed by atoms with van der Waals surface area (Å²) in [6, 6.07) is -0.817. The Morgan fingerprint density at radius 1 is 0.583 bits per heavy atom. The Morgan fingerprint density at radius 3 is 1.53 bits per heavy atom. The molecule has 1 aliphatic rings. The molecule has 0 aromatic heterocycles. The zero-order chi connectivity index (χ0) is 43.7. The van der Waals surface area contributed by atoms with Crippen LogP contribution in [-0.2, 0) is 14.3 Å². The van der Waals surface area contributed by atoms with Crippen LogP contribution >= 0.6 is 0 Å². The number of aliphatic hydroxyl groups excluding tert-OH is 5. The summed E-state index contributed by atoms with van der Waals surface area (Å²) in [6.07, 6.45) is 49.1. The van der Waals surface area contributed by atoms with Crippen molar-refractivity contribution < 1.29 is 39.8 Å². The van der Waals surface area contributed by atoms with Crippen molar-refractivity contribution in [3.8, 4) is 0 Å². The second kappa shape index (κ2) is 40.4. The standard InChI is InChI=1S/C51H87NO8/c1-3-5-7-9-11-13-15-17-18-19-20-21-22-23-24-25-26-27-28-29-31-33-35-37-39-41-47(55)52-44(43-59-51-50(58)49(57)48(56)46(42-53)60-51)45(54)40-38-36-34-32-30-16-14-12-10-8-6-4-2/h5,7,11,13,17-18,20-21,23-24,26-27,38,40,44-46,48-51,53-54,56-58H,3-4,6,8-10,12,14-16,19,22,25,28-37,39,41-43H2,1-2H3,(H,52,55)/b7-5-,13-11-,18-17-,21-20-,24-23-,27-26-,40-38+. The number of carbonyl (C=O) groups is 1. The van der Waals surface area contributed by atoms with Crippen molar-refractivity contribution >= 4 is 5.91 Å². The van der Waals surface area contributed by atoms with Crippen molar-refractivity contribution in [2.75, 3.05) is 13.2 Å². The summed E-state index contributed by atoms with van der Waals surface area (Å²) < 4.78 is 11.2. The van der Waals surface area contributed by atoms with Gasteiger partial charge in [-0.2, -0.15) is 0 Å². The third-order valence-corrected chi connectivity index (χ3v) is 10.7. The normalized spacial score (nSPS) is 21.4. The number of amides is 1. The van der Waals surface area contributed by atoms with E-state index in [-0.39, 0.29) is 12.5 Å². The molecule has 7 atom stereocenters. The van der Waals surface area contributed by atoms with E-state index in [1.807, 2.05) is 6.08 Å². The summed E-state index contributed by atoms with van der Waals surface area (Å²) in [5, 5.41) is 54.2. The molecule has 1 fully saturated rings. The Bertz CT molecular complexity index is 1210. The van der Waals surface area contributed by atoms with Crippen LogP contribution in [0.15, 0.2) is 85.1 Å². The maximum Gasteiger partial charge on any atom is 0.220 e. The van der Waals surface area contributed by atoms with Crippen molar-refractivity contribution in [2.24, 2.45) is 0 Å². The molecule has 0 saturated carbocycles. The Kier molecular flexibility index (Phi) is 37.3. The van der Waals surface area contributed by atoms with Crippen molar-refractivity contribution in [1.29, 1.82) is 0 Å². The molecule has 0 aromatic rings. The maximum absolute atomic E-state index is 13.0. The van der Waals surface area contributed by atoms with Crippen LogP contribution in [-0.4, -0.2) is 87.5 Å². The van der Waals surface area contributed by atoms with E-state index >= 15 is 0 Å². The highest BCUT2D eigenvalue weighted by Crippen LogP contribution is 2.22. The molecule has 7 unspecified atom stereocenters. The van der Waals surface area contributed by atoms with E-state index in [9.17, 15) is 30.3 Å². The topological polar surface area (TPSA) is 149 Å². The number of nitrogens with one attached hydrogen (secondary N) is 1. The zero-order valence-corrected chi connectivity index (χ0v) is 37.7. The lowest BCUT2D eigenvalue weighted by atomic mass is 9.99. The fourth-order valence-corrected chi connectivity index (χ4v) is 6.92. The Morgan fingerprint density at radius 2 is 1.03 bits per heavy atom. The largest absolute Gasteiger partial charge is 0.394 e. The van der Waals surface area contributed by atoms with E-state index in [2.05, 4.69) is 92.1 Å². The predicted octanol–water partition coefficient (Wildman–Crippen LogP) is 10.3. The molecule has 0 aromatic carbocycles. The number of aliphatic hydroxyl groups is 5. The number of hydrogen-bond donors (Lipinski definition) is 6. The monoisotopic (exact) mass is 842 g/mol. The molecule has 1 aliphatic heterocycles. The van der Waals surface area contributed by atoms with Gasteiger partial charge in [0.15, 0.2) is 6.29 Å². The molecule has 9 nitrogen and oxygen atoms in total. The molecule has 1 heterocycles. The van der Waals surface area contributed by atoms with Crippen LogP contribution in [0, 0.1) is 0 Å². The Hall–Kier alpha value is -2.63. The molecule has 0 spiro atoms. The van der Waals surface area contributed by atoms with Crippen LogP contribution in [0.2, 0.25) is 0 Å². The van der Waals surface area contributed by atoms with E-state index in [0.29, 0.717) is 6.42 Å². The van der Waals surface area contributed by atoms with E-state index in [1.54, 1.807) is 6.08 Å². The predicted molar refractivity (Wildman–Crippen MR) is 248 cm³/mol. The van der Waals surface area contributed by atoms with Gasteiger partial charge in [-0.25, -0.2) is 0 Å². The molecule has 344 valence electrons. The van der Waals surface area contributed by atoms with Crippen LogP contribution in [0.25, 0.3) is 0 Å². The third-order valence-electron chi connectivity index (χ3n) is 10.7. The number of ether oxygens (including phenoxy) is 2. The van der Waals surface area contributed by atoms with Gasteiger partial charge in [0.25, 0.3) is 0 Å². The van der Waals surface area contributed by atoms with Gasteiger partial charge in [0.1, 0.15) is 24.4 Å². The third kappa shape index (κ3) is 30.4. The van der Waals surface area contributed by atoms with Gasteiger partial charge >= 0.3 is 0 Å². The van der Waals surface area contributed by atoms with Crippen LogP contribution in [0.5, 0.6) is 0 Å². The molecule has 0 radical (unpaired) electrons. The lowest BCUT2D eigenvalue weighted by Gasteiger charge is -2.40. The van der Waals surface area contributed by atoms with Gasteiger partial charge in [0.05, 0.1) is 25.4 Å². The number of rotatable bonds is 38. The summed E-state index contributed by atoms with van der Waals surface area (Å²) in [4.78, 5) is 13.0. The van der Waals surface area contributed by atoms with Crippen molar-refractivity contribution in [3.63, 3.8) is 0 Å². The van der Waals surface area contributed by atoms with E-state index in [4.69, 9.17) is 9.47 Å². The summed E-state index contributed by atoms with van der Waals surface area (Å²) in [7, 11) is 0. The van der Waals surface area contributed by atoms with Gasteiger partial charge in [-0.3, -0.25) is 4.79 Å². The lowest BCUT2D eigenvalue weighted by molar-refractivity contribution is -0.302. The fourth-order valence-electron chi connectivity index (χ4n) is 6.92. The van der Waals surface area contributed by atoms with Gasteiger partial charge < -0.3 is 40.3 Å². The van der Waals surface area contributed by atoms with Crippen LogP contribution < -0.4 is 5.32 Å². The van der Waals surface area contributed by atoms with Crippen molar-refractivity contribution in [3.05, 3.63) is 85.1 Å². The van der Waals surface area contributed by atoms with Gasteiger partial charge in [0, 0.05) is 6.42 Å². The van der Waals surface area contributed by atoms with Gasteiger partial charge in [-0.05, 0) is 70.6 Å². The summed E-state index contributed by atoms with van der Waals surface area (Å²) in [6.45, 7) is 3.62. The summed E-state index contributed by atoms with van der Waals surface area (Å²) in [5.74, 6) is -0.197. The van der Waals surface area contributed by atoms with Crippen LogP contribution in [0.4, 0.5) is 0 Å². The maximum atomic E-state index is 13.0. The number of allylic oxidation sites excluding steroid dienone is 13. The SMILES string of the molecule is CC/C=C\C/C=C\C/C=C\C/C=C\C/C=C\C/C=C\CCCCCCCCC(=O)NC(COC1OC(CO)C(O)C(O)C1O)C(O)/C=C/CCCCCCCCCCCC. The minimum atomic E-state index is -1.57. The average molecular weight is 842 g/mol. The molecule has 9 heteroatoms. The molecule has 1 saturated heterocycles. The summed E-state index contributed by atoms with van der Waals surface area (Å²) >= 11 is 0. The first-order valence-electron chi connectivity index (χ1n) is 23.8. The highest BCUT2D eigenvalue weighted by molar-refractivity contribution is 5.76. The molecular formula is C51H87NO8. The first-order chi connectivity index (χ1) is 29.3. The molecule has 60 heavy (non-hydrogen) atoms. The smallest absolute Gasteiger partial charge is 0.220 e. The minimum Gasteiger partial charge on any atom is -0.394 e. The minimum absolute atomic E-state index is 0.197. The number of carbonyl (C=O) groups excluding carboxylic acids is 1. The Labute approximate surface area is 365 Å². The van der Waals surface area contributed by atoms with E-state index < -0.39 is 49.5 Å². The number of hydrogen-bond acceptors (Lipinski definition) is 8. The highest BCUT2D eigenvalue weighted by atomic mass is 16.7. The first-order valence-corrected chi connectivity index (χ1v) is 23.8. The number of unbranched alkanes of at least 4 members (excludes halogenated alkanes) is 16. The zero-order valence-electron chi connectivity index (χ0n) is 37.7. The van der Waals surface area contributed by atoms with Gasteiger partial charge in [-0.15, -0.1) is 0 Å². The molecular weight excluding hydrogens is 755 g/mol.